The Morgan fingerprint density at radius 2 is 1.70 bits per heavy atom. The zero-order valence-electron chi connectivity index (χ0n) is 12.5. The van der Waals surface area contributed by atoms with Crippen LogP contribution in [0.5, 0.6) is 11.6 Å². The Morgan fingerprint density at radius 1 is 0.913 bits per heavy atom. The van der Waals surface area contributed by atoms with Crippen molar-refractivity contribution in [3.05, 3.63) is 95.9 Å². The summed E-state index contributed by atoms with van der Waals surface area (Å²) in [5, 5.41) is 0. The molecule has 0 bridgehead atoms. The maximum atomic E-state index is 13.0. The van der Waals surface area contributed by atoms with Crippen LogP contribution < -0.4 is 4.74 Å². The van der Waals surface area contributed by atoms with Crippen molar-refractivity contribution < 1.29 is 9.13 Å². The minimum atomic E-state index is -0.290. The highest BCUT2D eigenvalue weighted by Gasteiger charge is 2.03. The maximum absolute atomic E-state index is 13.0. The maximum Gasteiger partial charge on any atom is 0.226 e. The lowest BCUT2D eigenvalue weighted by Gasteiger charge is -2.07. The van der Waals surface area contributed by atoms with Crippen LogP contribution in [0.1, 0.15) is 11.1 Å². The minimum absolute atomic E-state index is 0.290. The van der Waals surface area contributed by atoms with E-state index in [1.165, 1.54) is 17.7 Å². The monoisotopic (exact) mass is 305 g/mol. The molecule has 1 aromatic heterocycles. The Balaban J connectivity index is 1.74. The van der Waals surface area contributed by atoms with Crippen LogP contribution in [0.15, 0.2) is 79.0 Å². The normalized spacial score (nSPS) is 10.8. The van der Waals surface area contributed by atoms with E-state index in [2.05, 4.69) is 23.2 Å². The molecule has 3 aromatic rings. The SMILES string of the molecule is Fc1ccc(Oc2ncccc2/C=C/Cc2ccccc2)cc1. The predicted molar refractivity (Wildman–Crippen MR) is 89.9 cm³/mol. The summed E-state index contributed by atoms with van der Waals surface area (Å²) in [4.78, 5) is 4.25. The molecule has 0 unspecified atom stereocenters. The third-order valence-electron chi connectivity index (χ3n) is 3.32. The third-order valence-corrected chi connectivity index (χ3v) is 3.32. The first kappa shape index (κ1) is 15.0. The molecule has 0 spiro atoms. The Hall–Kier alpha value is -2.94. The number of nitrogens with zero attached hydrogens (tertiary/aromatic N) is 1. The summed E-state index contributed by atoms with van der Waals surface area (Å²) in [5.41, 5.74) is 2.13. The molecule has 0 saturated carbocycles. The number of hydrogen-bond acceptors (Lipinski definition) is 2. The van der Waals surface area contributed by atoms with Crippen LogP contribution in [0.25, 0.3) is 6.08 Å². The van der Waals surface area contributed by atoms with Crippen LogP contribution in [0.2, 0.25) is 0 Å². The van der Waals surface area contributed by atoms with Crippen molar-refractivity contribution >= 4 is 6.08 Å². The lowest BCUT2D eigenvalue weighted by molar-refractivity contribution is 0.460. The fourth-order valence-corrected chi connectivity index (χ4v) is 2.17. The summed E-state index contributed by atoms with van der Waals surface area (Å²) in [6.07, 6.45) is 6.57. The molecule has 114 valence electrons. The van der Waals surface area contributed by atoms with Gasteiger partial charge >= 0.3 is 0 Å². The van der Waals surface area contributed by atoms with Crippen molar-refractivity contribution in [1.29, 1.82) is 0 Å². The van der Waals surface area contributed by atoms with Gasteiger partial charge in [0, 0.05) is 11.8 Å². The smallest absolute Gasteiger partial charge is 0.226 e. The van der Waals surface area contributed by atoms with E-state index in [-0.39, 0.29) is 5.82 Å². The van der Waals surface area contributed by atoms with E-state index >= 15 is 0 Å². The first-order chi connectivity index (χ1) is 11.3. The number of rotatable bonds is 5. The molecule has 0 aliphatic carbocycles. The van der Waals surface area contributed by atoms with Crippen LogP contribution in [0.4, 0.5) is 4.39 Å². The van der Waals surface area contributed by atoms with Crippen LogP contribution in [0.3, 0.4) is 0 Å². The van der Waals surface area contributed by atoms with Crippen molar-refractivity contribution in [3.63, 3.8) is 0 Å². The number of benzene rings is 2. The highest BCUT2D eigenvalue weighted by atomic mass is 19.1. The molecular weight excluding hydrogens is 289 g/mol. The fourth-order valence-electron chi connectivity index (χ4n) is 2.17. The van der Waals surface area contributed by atoms with Crippen molar-refractivity contribution in [2.24, 2.45) is 0 Å². The van der Waals surface area contributed by atoms with Crippen LogP contribution in [0, 0.1) is 5.82 Å². The van der Waals surface area contributed by atoms with Gasteiger partial charge < -0.3 is 4.74 Å². The molecule has 0 aliphatic rings. The highest BCUT2D eigenvalue weighted by molar-refractivity contribution is 5.55. The molecule has 0 amide bonds. The molecule has 3 heteroatoms. The first-order valence-corrected chi connectivity index (χ1v) is 7.40. The minimum Gasteiger partial charge on any atom is -0.438 e. The lowest BCUT2D eigenvalue weighted by atomic mass is 10.1. The van der Waals surface area contributed by atoms with E-state index in [1.807, 2.05) is 36.4 Å². The van der Waals surface area contributed by atoms with E-state index in [0.29, 0.717) is 11.6 Å². The standard InChI is InChI=1S/C20H16FNO/c21-18-11-13-19(14-12-18)23-20-17(10-5-15-22-20)9-4-8-16-6-2-1-3-7-16/h1-7,9-15H,8H2/b9-4+. The van der Waals surface area contributed by atoms with E-state index in [4.69, 9.17) is 4.74 Å². The second-order valence-electron chi connectivity index (χ2n) is 5.05. The van der Waals surface area contributed by atoms with Crippen LogP contribution >= 0.6 is 0 Å². The molecule has 0 fully saturated rings. The molecule has 0 atom stereocenters. The van der Waals surface area contributed by atoms with Gasteiger partial charge in [0.15, 0.2) is 0 Å². The van der Waals surface area contributed by atoms with Crippen molar-refractivity contribution in [3.8, 4) is 11.6 Å². The molecule has 0 radical (unpaired) electrons. The number of pyridine rings is 1. The third kappa shape index (κ3) is 4.27. The van der Waals surface area contributed by atoms with E-state index in [9.17, 15) is 4.39 Å². The van der Waals surface area contributed by atoms with E-state index in [0.717, 1.165) is 12.0 Å². The fraction of sp³-hybridized carbons (Fsp3) is 0.0500. The van der Waals surface area contributed by atoms with Gasteiger partial charge in [0.1, 0.15) is 11.6 Å². The molecule has 0 saturated heterocycles. The number of halogens is 1. The van der Waals surface area contributed by atoms with Gasteiger partial charge in [-0.05, 0) is 48.4 Å². The average Bonchev–Trinajstić information content (AvgIpc) is 2.59. The average molecular weight is 305 g/mol. The Morgan fingerprint density at radius 3 is 2.48 bits per heavy atom. The Bertz CT molecular complexity index is 782. The van der Waals surface area contributed by atoms with Gasteiger partial charge in [-0.1, -0.05) is 42.5 Å². The van der Waals surface area contributed by atoms with Gasteiger partial charge in [0.25, 0.3) is 0 Å². The second kappa shape index (κ2) is 7.36. The Kier molecular flexibility index (Phi) is 4.79. The molecular formula is C20H16FNO. The predicted octanol–water partition coefficient (Wildman–Crippen LogP) is 5.27. The molecule has 0 N–H and O–H groups in total. The summed E-state index contributed by atoms with van der Waals surface area (Å²) in [6, 6.07) is 19.9. The van der Waals surface area contributed by atoms with Crippen molar-refractivity contribution in [2.45, 2.75) is 6.42 Å². The van der Waals surface area contributed by atoms with Crippen molar-refractivity contribution in [2.75, 3.05) is 0 Å². The number of aromatic nitrogens is 1. The summed E-state index contributed by atoms with van der Waals surface area (Å²) >= 11 is 0. The highest BCUT2D eigenvalue weighted by Crippen LogP contribution is 2.24. The first-order valence-electron chi connectivity index (χ1n) is 7.40. The number of ether oxygens (including phenoxy) is 1. The van der Waals surface area contributed by atoms with Gasteiger partial charge in [-0.15, -0.1) is 0 Å². The zero-order valence-corrected chi connectivity index (χ0v) is 12.5. The largest absolute Gasteiger partial charge is 0.438 e. The van der Waals surface area contributed by atoms with Crippen molar-refractivity contribution in [1.82, 2.24) is 4.98 Å². The molecule has 1 heterocycles. The summed E-state index contributed by atoms with van der Waals surface area (Å²) < 4.78 is 18.7. The topological polar surface area (TPSA) is 22.1 Å². The molecule has 3 rings (SSSR count). The lowest BCUT2D eigenvalue weighted by Crippen LogP contribution is -1.91. The van der Waals surface area contributed by atoms with Gasteiger partial charge in [-0.25, -0.2) is 9.37 Å². The zero-order chi connectivity index (χ0) is 15.9. The van der Waals surface area contributed by atoms with E-state index < -0.39 is 0 Å². The van der Waals surface area contributed by atoms with Gasteiger partial charge in [0.05, 0.1) is 0 Å². The van der Waals surface area contributed by atoms with Gasteiger partial charge in [0.2, 0.25) is 5.88 Å². The molecule has 2 nitrogen and oxygen atoms in total. The van der Waals surface area contributed by atoms with Crippen LogP contribution in [-0.4, -0.2) is 4.98 Å². The number of hydrogen-bond donors (Lipinski definition) is 0. The Labute approximate surface area is 134 Å². The van der Waals surface area contributed by atoms with Crippen LogP contribution in [-0.2, 0) is 6.42 Å². The second-order valence-corrected chi connectivity index (χ2v) is 5.05. The number of allylic oxidation sites excluding steroid dienone is 1. The van der Waals surface area contributed by atoms with E-state index in [1.54, 1.807) is 18.3 Å². The van der Waals surface area contributed by atoms with Gasteiger partial charge in [-0.2, -0.15) is 0 Å². The summed E-state index contributed by atoms with van der Waals surface area (Å²) in [5.74, 6) is 0.771. The summed E-state index contributed by atoms with van der Waals surface area (Å²) in [6.45, 7) is 0. The van der Waals surface area contributed by atoms with Gasteiger partial charge in [-0.3, -0.25) is 0 Å². The molecule has 23 heavy (non-hydrogen) atoms. The quantitative estimate of drug-likeness (QED) is 0.640. The molecule has 2 aromatic carbocycles. The molecule has 0 aliphatic heterocycles. The summed E-state index contributed by atoms with van der Waals surface area (Å²) in [7, 11) is 0.